The second-order valence-electron chi connectivity index (χ2n) is 3.46. The molecule has 0 unspecified atom stereocenters. The maximum atomic E-state index is 12.0. The third kappa shape index (κ3) is 3.56. The molecule has 0 saturated carbocycles. The summed E-state index contributed by atoms with van der Waals surface area (Å²) in [5.41, 5.74) is 0.907. The van der Waals surface area contributed by atoms with Crippen molar-refractivity contribution in [1.82, 2.24) is 4.90 Å². The Bertz CT molecular complexity index is 348. The second kappa shape index (κ2) is 5.01. The van der Waals surface area contributed by atoms with E-state index in [0.717, 1.165) is 12.6 Å². The Kier molecular flexibility index (Phi) is 3.93. The lowest BCUT2D eigenvalue weighted by Crippen LogP contribution is -2.39. The smallest absolute Gasteiger partial charge is 0.338 e. The lowest BCUT2D eigenvalue weighted by molar-refractivity contribution is -0.184. The molecule has 0 bridgehead atoms. The highest BCUT2D eigenvalue weighted by molar-refractivity contribution is 5.81. The van der Waals surface area contributed by atoms with Crippen LogP contribution in [-0.4, -0.2) is 30.6 Å². The van der Waals surface area contributed by atoms with Crippen molar-refractivity contribution in [2.75, 3.05) is 13.6 Å². The number of alkyl halides is 3. The molecule has 1 aromatic rings. The Balaban J connectivity index is 2.48. The summed E-state index contributed by atoms with van der Waals surface area (Å²) >= 11 is 0. The topological polar surface area (TPSA) is 20.3 Å². The van der Waals surface area contributed by atoms with Gasteiger partial charge in [-0.3, -0.25) is 4.79 Å². The summed E-state index contributed by atoms with van der Waals surface area (Å²) in [6.07, 6.45) is -4.37. The van der Waals surface area contributed by atoms with E-state index in [1.165, 1.54) is 0 Å². The predicted octanol–water partition coefficient (Wildman–Crippen LogP) is 2.25. The van der Waals surface area contributed by atoms with E-state index in [0.29, 0.717) is 11.3 Å². The van der Waals surface area contributed by atoms with Crippen LogP contribution in [0.25, 0.3) is 0 Å². The van der Waals surface area contributed by atoms with Crippen LogP contribution in [0.5, 0.6) is 0 Å². The lowest BCUT2D eigenvalue weighted by atomic mass is 10.1. The highest BCUT2D eigenvalue weighted by atomic mass is 19.4. The SMILES string of the molecule is CN(CCc1ccccc1)C(=O)C(F)(F)F. The molecule has 0 aliphatic rings. The van der Waals surface area contributed by atoms with Gasteiger partial charge in [0.05, 0.1) is 0 Å². The van der Waals surface area contributed by atoms with E-state index in [1.54, 1.807) is 12.1 Å². The number of hydrogen-bond donors (Lipinski definition) is 0. The van der Waals surface area contributed by atoms with Gasteiger partial charge in [0.1, 0.15) is 0 Å². The number of benzene rings is 1. The molecule has 1 aromatic carbocycles. The van der Waals surface area contributed by atoms with Crippen molar-refractivity contribution < 1.29 is 18.0 Å². The van der Waals surface area contributed by atoms with Crippen LogP contribution in [-0.2, 0) is 11.2 Å². The number of nitrogens with zero attached hydrogens (tertiary/aromatic N) is 1. The molecule has 2 nitrogen and oxygen atoms in total. The molecule has 0 N–H and O–H groups in total. The molecule has 0 spiro atoms. The molecule has 0 heterocycles. The predicted molar refractivity (Wildman–Crippen MR) is 53.8 cm³/mol. The fourth-order valence-electron chi connectivity index (χ4n) is 1.26. The molecular formula is C11H12F3NO. The third-order valence-corrected chi connectivity index (χ3v) is 2.17. The molecule has 0 fully saturated rings. The summed E-state index contributed by atoms with van der Waals surface area (Å²) in [4.78, 5) is 11.5. The Morgan fingerprint density at radius 3 is 2.31 bits per heavy atom. The molecule has 0 aliphatic heterocycles. The lowest BCUT2D eigenvalue weighted by Gasteiger charge is -2.18. The first-order chi connectivity index (χ1) is 7.41. The zero-order valence-corrected chi connectivity index (χ0v) is 8.79. The number of amides is 1. The van der Waals surface area contributed by atoms with Gasteiger partial charge in [-0.05, 0) is 12.0 Å². The molecule has 0 radical (unpaired) electrons. The fraction of sp³-hybridized carbons (Fsp3) is 0.364. The number of likely N-dealkylation sites (N-methyl/N-ethyl adjacent to an activating group) is 1. The molecule has 0 saturated heterocycles. The van der Waals surface area contributed by atoms with Crippen molar-refractivity contribution in [2.45, 2.75) is 12.6 Å². The molecule has 88 valence electrons. The molecule has 0 aliphatic carbocycles. The minimum absolute atomic E-state index is 0.0579. The van der Waals surface area contributed by atoms with Gasteiger partial charge in [-0.15, -0.1) is 0 Å². The Hall–Kier alpha value is -1.52. The van der Waals surface area contributed by atoms with Crippen molar-refractivity contribution in [3.63, 3.8) is 0 Å². The van der Waals surface area contributed by atoms with Crippen LogP contribution in [0.1, 0.15) is 5.56 Å². The molecule has 5 heteroatoms. The van der Waals surface area contributed by atoms with Gasteiger partial charge < -0.3 is 4.90 Å². The Labute approximate surface area is 91.7 Å². The third-order valence-electron chi connectivity index (χ3n) is 2.17. The highest BCUT2D eigenvalue weighted by Gasteiger charge is 2.40. The van der Waals surface area contributed by atoms with Crippen LogP contribution in [0.3, 0.4) is 0 Å². The van der Waals surface area contributed by atoms with Gasteiger partial charge in [0.2, 0.25) is 0 Å². The number of carbonyl (C=O) groups excluding carboxylic acids is 1. The summed E-state index contributed by atoms with van der Waals surface area (Å²) in [7, 11) is 1.15. The zero-order chi connectivity index (χ0) is 12.2. The van der Waals surface area contributed by atoms with Crippen LogP contribution in [0.2, 0.25) is 0 Å². The normalized spacial score (nSPS) is 11.2. The van der Waals surface area contributed by atoms with E-state index in [1.807, 2.05) is 18.2 Å². The van der Waals surface area contributed by atoms with E-state index < -0.39 is 12.1 Å². The number of rotatable bonds is 3. The summed E-state index contributed by atoms with van der Waals surface area (Å²) in [5.74, 6) is -1.80. The quantitative estimate of drug-likeness (QED) is 0.781. The monoisotopic (exact) mass is 231 g/mol. The first kappa shape index (κ1) is 12.5. The minimum atomic E-state index is -4.79. The van der Waals surface area contributed by atoms with E-state index in [9.17, 15) is 18.0 Å². The van der Waals surface area contributed by atoms with Gasteiger partial charge in [0.25, 0.3) is 0 Å². The summed E-state index contributed by atoms with van der Waals surface area (Å²) in [6, 6.07) is 9.06. The standard InChI is InChI=1S/C11H12F3NO/c1-15(10(16)11(12,13)14)8-7-9-5-3-2-4-6-9/h2-6H,7-8H2,1H3. The molecule has 1 amide bonds. The Morgan fingerprint density at radius 2 is 1.81 bits per heavy atom. The van der Waals surface area contributed by atoms with Gasteiger partial charge >= 0.3 is 12.1 Å². The zero-order valence-electron chi connectivity index (χ0n) is 8.79. The number of halogens is 3. The van der Waals surface area contributed by atoms with Gasteiger partial charge in [-0.1, -0.05) is 30.3 Å². The average molecular weight is 231 g/mol. The largest absolute Gasteiger partial charge is 0.471 e. The number of hydrogen-bond acceptors (Lipinski definition) is 1. The minimum Gasteiger partial charge on any atom is -0.338 e. The Morgan fingerprint density at radius 1 is 1.25 bits per heavy atom. The maximum Gasteiger partial charge on any atom is 0.471 e. The van der Waals surface area contributed by atoms with E-state index in [2.05, 4.69) is 0 Å². The fourth-order valence-corrected chi connectivity index (χ4v) is 1.26. The van der Waals surface area contributed by atoms with Crippen molar-refractivity contribution in [3.05, 3.63) is 35.9 Å². The average Bonchev–Trinajstić information content (AvgIpc) is 2.25. The van der Waals surface area contributed by atoms with Crippen LogP contribution in [0, 0.1) is 0 Å². The van der Waals surface area contributed by atoms with Gasteiger partial charge in [0, 0.05) is 13.6 Å². The number of carbonyl (C=O) groups is 1. The van der Waals surface area contributed by atoms with Gasteiger partial charge in [0.15, 0.2) is 0 Å². The van der Waals surface area contributed by atoms with Crippen LogP contribution >= 0.6 is 0 Å². The second-order valence-corrected chi connectivity index (χ2v) is 3.46. The van der Waals surface area contributed by atoms with Crippen molar-refractivity contribution in [3.8, 4) is 0 Å². The molecule has 16 heavy (non-hydrogen) atoms. The van der Waals surface area contributed by atoms with Crippen LogP contribution in [0.15, 0.2) is 30.3 Å². The van der Waals surface area contributed by atoms with Crippen LogP contribution in [0.4, 0.5) is 13.2 Å². The van der Waals surface area contributed by atoms with Gasteiger partial charge in [-0.2, -0.15) is 13.2 Å². The molecule has 1 rings (SSSR count). The van der Waals surface area contributed by atoms with E-state index in [-0.39, 0.29) is 6.54 Å². The molecule has 0 atom stereocenters. The first-order valence-corrected chi connectivity index (χ1v) is 4.77. The summed E-state index contributed by atoms with van der Waals surface area (Å²) in [6.45, 7) is 0.0579. The summed E-state index contributed by atoms with van der Waals surface area (Å²) in [5, 5.41) is 0. The van der Waals surface area contributed by atoms with Crippen molar-refractivity contribution in [2.24, 2.45) is 0 Å². The van der Waals surface area contributed by atoms with Gasteiger partial charge in [-0.25, -0.2) is 0 Å². The molecule has 0 aromatic heterocycles. The van der Waals surface area contributed by atoms with E-state index in [4.69, 9.17) is 0 Å². The van der Waals surface area contributed by atoms with Crippen molar-refractivity contribution >= 4 is 5.91 Å². The summed E-state index contributed by atoms with van der Waals surface area (Å²) < 4.78 is 36.1. The first-order valence-electron chi connectivity index (χ1n) is 4.77. The maximum absolute atomic E-state index is 12.0. The van der Waals surface area contributed by atoms with Crippen molar-refractivity contribution in [1.29, 1.82) is 0 Å². The highest BCUT2D eigenvalue weighted by Crippen LogP contribution is 2.17. The van der Waals surface area contributed by atoms with E-state index >= 15 is 0 Å². The molecular weight excluding hydrogens is 219 g/mol. The van der Waals surface area contributed by atoms with Crippen LogP contribution < -0.4 is 0 Å².